The van der Waals surface area contributed by atoms with E-state index in [0.29, 0.717) is 18.4 Å². The minimum Gasteiger partial charge on any atom is -0.355 e. The standard InChI is InChI=1S/C20H19F3N4O2S/c21-20(22,23)19-24-17-10-5-4-9-16(17)18(25-19)26-11-6-12-27(14-13-26)30(28,29)15-7-2-1-3-8-15/h1-5,7-10H,6,11-14H2. The summed E-state index contributed by atoms with van der Waals surface area (Å²) in [4.78, 5) is 9.36. The Bertz CT molecular complexity index is 1150. The number of nitrogens with zero attached hydrogens (tertiary/aromatic N) is 4. The molecule has 0 N–H and O–H groups in total. The second kappa shape index (κ2) is 7.84. The van der Waals surface area contributed by atoms with Crippen molar-refractivity contribution in [2.75, 3.05) is 31.1 Å². The monoisotopic (exact) mass is 436 g/mol. The number of halogens is 3. The quantitative estimate of drug-likeness (QED) is 0.628. The van der Waals surface area contributed by atoms with Crippen LogP contribution < -0.4 is 4.90 Å². The number of sulfonamides is 1. The van der Waals surface area contributed by atoms with Gasteiger partial charge in [-0.2, -0.15) is 17.5 Å². The molecule has 30 heavy (non-hydrogen) atoms. The van der Waals surface area contributed by atoms with E-state index in [1.165, 1.54) is 22.5 Å². The summed E-state index contributed by atoms with van der Waals surface area (Å²) in [5, 5.41) is 0.505. The zero-order valence-corrected chi connectivity index (χ0v) is 16.7. The van der Waals surface area contributed by atoms with Crippen molar-refractivity contribution in [3.63, 3.8) is 0 Å². The highest BCUT2D eigenvalue weighted by molar-refractivity contribution is 7.89. The highest BCUT2D eigenvalue weighted by Gasteiger charge is 2.36. The molecule has 0 spiro atoms. The summed E-state index contributed by atoms with van der Waals surface area (Å²) in [5.41, 5.74) is 0.202. The van der Waals surface area contributed by atoms with Crippen LogP contribution in [0, 0.1) is 0 Å². The maximum absolute atomic E-state index is 13.3. The maximum Gasteiger partial charge on any atom is 0.451 e. The van der Waals surface area contributed by atoms with Gasteiger partial charge in [-0.1, -0.05) is 30.3 Å². The third kappa shape index (κ3) is 3.97. The van der Waals surface area contributed by atoms with Crippen molar-refractivity contribution in [3.05, 3.63) is 60.4 Å². The van der Waals surface area contributed by atoms with E-state index >= 15 is 0 Å². The minimum absolute atomic E-state index is 0.150. The lowest BCUT2D eigenvalue weighted by molar-refractivity contribution is -0.144. The van der Waals surface area contributed by atoms with Crippen LogP contribution in [0.2, 0.25) is 0 Å². The van der Waals surface area contributed by atoms with Gasteiger partial charge < -0.3 is 4.90 Å². The van der Waals surface area contributed by atoms with Gasteiger partial charge in [0.15, 0.2) is 0 Å². The lowest BCUT2D eigenvalue weighted by Gasteiger charge is -2.24. The molecule has 1 aromatic heterocycles. The second-order valence-electron chi connectivity index (χ2n) is 6.94. The Kier molecular flexibility index (Phi) is 5.37. The molecule has 3 aromatic rings. The van der Waals surface area contributed by atoms with Gasteiger partial charge in [0.05, 0.1) is 10.4 Å². The SMILES string of the molecule is O=S(=O)(c1ccccc1)N1CCCN(c2nc(C(F)(F)F)nc3ccccc23)CC1. The van der Waals surface area contributed by atoms with Crippen LogP contribution in [-0.2, 0) is 16.2 Å². The number of benzene rings is 2. The Morgan fingerprint density at radius 2 is 1.53 bits per heavy atom. The first-order valence-electron chi connectivity index (χ1n) is 9.41. The van der Waals surface area contributed by atoms with Gasteiger partial charge in [-0.3, -0.25) is 0 Å². The Labute approximate surface area is 172 Å². The van der Waals surface area contributed by atoms with Gasteiger partial charge in [0.2, 0.25) is 15.8 Å². The predicted molar refractivity (Wildman–Crippen MR) is 107 cm³/mol. The van der Waals surface area contributed by atoms with Crippen molar-refractivity contribution in [1.82, 2.24) is 14.3 Å². The summed E-state index contributed by atoms with van der Waals surface area (Å²) in [6, 6.07) is 14.6. The van der Waals surface area contributed by atoms with Crippen molar-refractivity contribution < 1.29 is 21.6 Å². The zero-order valence-electron chi connectivity index (χ0n) is 15.9. The van der Waals surface area contributed by atoms with E-state index in [-0.39, 0.29) is 35.9 Å². The van der Waals surface area contributed by atoms with Gasteiger partial charge >= 0.3 is 6.18 Å². The van der Waals surface area contributed by atoms with Gasteiger partial charge in [-0.05, 0) is 30.7 Å². The third-order valence-electron chi connectivity index (χ3n) is 4.97. The van der Waals surface area contributed by atoms with E-state index < -0.39 is 22.0 Å². The number of aromatic nitrogens is 2. The summed E-state index contributed by atoms with van der Waals surface area (Å²) in [6.07, 6.45) is -4.21. The number of anilines is 1. The molecule has 2 aromatic carbocycles. The molecule has 0 aliphatic carbocycles. The van der Waals surface area contributed by atoms with Crippen LogP contribution in [0.5, 0.6) is 0 Å². The minimum atomic E-state index is -4.67. The van der Waals surface area contributed by atoms with Crippen molar-refractivity contribution in [2.24, 2.45) is 0 Å². The van der Waals surface area contributed by atoms with Crippen LogP contribution in [0.3, 0.4) is 0 Å². The summed E-state index contributed by atoms with van der Waals surface area (Å²) in [6.45, 7) is 1.04. The molecule has 1 saturated heterocycles. The molecule has 10 heteroatoms. The predicted octanol–water partition coefficient (Wildman–Crippen LogP) is 3.55. The van der Waals surface area contributed by atoms with E-state index in [0.717, 1.165) is 0 Å². The van der Waals surface area contributed by atoms with E-state index in [1.54, 1.807) is 41.3 Å². The van der Waals surface area contributed by atoms with Gasteiger partial charge in [0, 0.05) is 31.6 Å². The van der Waals surface area contributed by atoms with Crippen LogP contribution in [0.15, 0.2) is 59.5 Å². The van der Waals surface area contributed by atoms with E-state index in [4.69, 9.17) is 0 Å². The average Bonchev–Trinajstić information content (AvgIpc) is 3.00. The van der Waals surface area contributed by atoms with Crippen molar-refractivity contribution in [2.45, 2.75) is 17.5 Å². The van der Waals surface area contributed by atoms with Crippen LogP contribution in [0.1, 0.15) is 12.2 Å². The first kappa shape index (κ1) is 20.5. The van der Waals surface area contributed by atoms with Crippen molar-refractivity contribution >= 4 is 26.7 Å². The van der Waals surface area contributed by atoms with Gasteiger partial charge in [0.1, 0.15) is 5.82 Å². The van der Waals surface area contributed by atoms with Crippen LogP contribution in [-0.4, -0.2) is 48.9 Å². The molecule has 0 bridgehead atoms. The highest BCUT2D eigenvalue weighted by atomic mass is 32.2. The number of alkyl halides is 3. The molecule has 0 radical (unpaired) electrons. The van der Waals surface area contributed by atoms with E-state index in [9.17, 15) is 21.6 Å². The van der Waals surface area contributed by atoms with Crippen LogP contribution in [0.25, 0.3) is 10.9 Å². The topological polar surface area (TPSA) is 66.4 Å². The van der Waals surface area contributed by atoms with Gasteiger partial charge in [0.25, 0.3) is 0 Å². The fraction of sp³-hybridized carbons (Fsp3) is 0.300. The summed E-state index contributed by atoms with van der Waals surface area (Å²) >= 11 is 0. The number of hydrogen-bond acceptors (Lipinski definition) is 5. The lowest BCUT2D eigenvalue weighted by Crippen LogP contribution is -2.35. The highest BCUT2D eigenvalue weighted by Crippen LogP contribution is 2.32. The van der Waals surface area contributed by atoms with Crippen molar-refractivity contribution in [3.8, 4) is 0 Å². The summed E-state index contributed by atoms with van der Waals surface area (Å²) in [7, 11) is -3.67. The molecule has 6 nitrogen and oxygen atoms in total. The number of rotatable bonds is 3. The maximum atomic E-state index is 13.3. The normalized spacial score (nSPS) is 16.6. The first-order chi connectivity index (χ1) is 14.3. The molecular weight excluding hydrogens is 417 g/mol. The summed E-state index contributed by atoms with van der Waals surface area (Å²) < 4.78 is 67.2. The molecule has 0 saturated carbocycles. The fourth-order valence-electron chi connectivity index (χ4n) is 3.52. The Balaban J connectivity index is 1.66. The summed E-state index contributed by atoms with van der Waals surface area (Å²) in [5.74, 6) is -1.03. The number of fused-ring (bicyclic) bond motifs is 1. The molecule has 1 fully saturated rings. The molecule has 0 atom stereocenters. The van der Waals surface area contributed by atoms with E-state index in [1.807, 2.05) is 0 Å². The Morgan fingerprint density at radius 3 is 2.27 bits per heavy atom. The molecule has 4 rings (SSSR count). The van der Waals surface area contributed by atoms with Crippen LogP contribution >= 0.6 is 0 Å². The molecule has 1 aliphatic rings. The largest absolute Gasteiger partial charge is 0.451 e. The Morgan fingerprint density at radius 1 is 0.833 bits per heavy atom. The molecule has 2 heterocycles. The van der Waals surface area contributed by atoms with Crippen molar-refractivity contribution in [1.29, 1.82) is 0 Å². The fourth-order valence-corrected chi connectivity index (χ4v) is 5.01. The molecule has 158 valence electrons. The number of para-hydroxylation sites is 1. The number of hydrogen-bond donors (Lipinski definition) is 0. The van der Waals surface area contributed by atoms with Gasteiger partial charge in [-0.25, -0.2) is 18.4 Å². The lowest BCUT2D eigenvalue weighted by atomic mass is 10.2. The second-order valence-corrected chi connectivity index (χ2v) is 8.88. The smallest absolute Gasteiger partial charge is 0.355 e. The molecule has 0 unspecified atom stereocenters. The zero-order chi connectivity index (χ0) is 21.4. The molecular formula is C20H19F3N4O2S. The van der Waals surface area contributed by atoms with Gasteiger partial charge in [-0.15, -0.1) is 0 Å². The molecule has 0 amide bonds. The Hall–Kier alpha value is -2.72. The van der Waals surface area contributed by atoms with E-state index in [2.05, 4.69) is 9.97 Å². The van der Waals surface area contributed by atoms with Crippen LogP contribution in [0.4, 0.5) is 19.0 Å². The average molecular weight is 436 g/mol. The first-order valence-corrected chi connectivity index (χ1v) is 10.8. The molecule has 1 aliphatic heterocycles. The third-order valence-corrected chi connectivity index (χ3v) is 6.88.